The molecule has 0 aliphatic heterocycles. The molecule has 0 spiro atoms. The SMILES string of the molecule is CCOC(c1ccccc1)c1noc(C(C)CCCN)n1. The minimum Gasteiger partial charge on any atom is -0.366 e. The normalized spacial score (nSPS) is 14.0. The van der Waals surface area contributed by atoms with E-state index in [1.54, 1.807) is 0 Å². The van der Waals surface area contributed by atoms with E-state index >= 15 is 0 Å². The second-order valence-electron chi connectivity index (χ2n) is 5.07. The fourth-order valence-electron chi connectivity index (χ4n) is 2.22. The second-order valence-corrected chi connectivity index (χ2v) is 5.07. The number of hydrogen-bond acceptors (Lipinski definition) is 5. The topological polar surface area (TPSA) is 74.2 Å². The molecule has 1 aromatic heterocycles. The third-order valence-electron chi connectivity index (χ3n) is 3.39. The first-order chi connectivity index (χ1) is 10.3. The number of ether oxygens (including phenoxy) is 1. The Labute approximate surface area is 125 Å². The molecule has 2 atom stereocenters. The van der Waals surface area contributed by atoms with Gasteiger partial charge in [0.1, 0.15) is 6.10 Å². The predicted molar refractivity (Wildman–Crippen MR) is 80.9 cm³/mol. The van der Waals surface area contributed by atoms with Crippen LogP contribution in [0.15, 0.2) is 34.9 Å². The molecule has 5 nitrogen and oxygen atoms in total. The van der Waals surface area contributed by atoms with Crippen molar-refractivity contribution in [3.63, 3.8) is 0 Å². The molecule has 0 saturated carbocycles. The monoisotopic (exact) mass is 289 g/mol. The van der Waals surface area contributed by atoms with Gasteiger partial charge in [0.15, 0.2) is 0 Å². The maximum atomic E-state index is 5.78. The van der Waals surface area contributed by atoms with Crippen LogP contribution in [0.3, 0.4) is 0 Å². The molecule has 0 amide bonds. The van der Waals surface area contributed by atoms with Crippen molar-refractivity contribution in [3.8, 4) is 0 Å². The highest BCUT2D eigenvalue weighted by Gasteiger charge is 2.22. The number of nitrogens with zero attached hydrogens (tertiary/aromatic N) is 2. The standard InChI is InChI=1S/C16H23N3O2/c1-3-20-14(13-9-5-4-6-10-13)15-18-16(21-19-15)12(2)8-7-11-17/h4-6,9-10,12,14H,3,7-8,11,17H2,1-2H3. The molecule has 0 bridgehead atoms. The van der Waals surface area contributed by atoms with Gasteiger partial charge in [0.2, 0.25) is 11.7 Å². The smallest absolute Gasteiger partial charge is 0.229 e. The molecule has 2 aromatic rings. The highest BCUT2D eigenvalue weighted by atomic mass is 16.5. The molecule has 0 fully saturated rings. The lowest BCUT2D eigenvalue weighted by molar-refractivity contribution is 0.0833. The van der Waals surface area contributed by atoms with Crippen molar-refractivity contribution in [2.24, 2.45) is 5.73 Å². The van der Waals surface area contributed by atoms with Crippen molar-refractivity contribution in [3.05, 3.63) is 47.6 Å². The van der Waals surface area contributed by atoms with E-state index in [-0.39, 0.29) is 12.0 Å². The summed E-state index contributed by atoms with van der Waals surface area (Å²) in [7, 11) is 0. The Morgan fingerprint density at radius 2 is 2.05 bits per heavy atom. The summed E-state index contributed by atoms with van der Waals surface area (Å²) in [5.41, 5.74) is 6.57. The van der Waals surface area contributed by atoms with E-state index in [9.17, 15) is 0 Å². The molecule has 2 unspecified atom stereocenters. The summed E-state index contributed by atoms with van der Waals surface area (Å²) in [4.78, 5) is 4.51. The van der Waals surface area contributed by atoms with Gasteiger partial charge in [-0.3, -0.25) is 0 Å². The van der Waals surface area contributed by atoms with Crippen LogP contribution < -0.4 is 5.73 Å². The summed E-state index contributed by atoms with van der Waals surface area (Å²) in [5.74, 6) is 1.45. The molecule has 0 saturated heterocycles. The third-order valence-corrected chi connectivity index (χ3v) is 3.39. The van der Waals surface area contributed by atoms with Crippen LogP contribution in [0, 0.1) is 0 Å². The van der Waals surface area contributed by atoms with Gasteiger partial charge in [-0.2, -0.15) is 4.98 Å². The van der Waals surface area contributed by atoms with Gasteiger partial charge in [0.05, 0.1) is 0 Å². The highest BCUT2D eigenvalue weighted by Crippen LogP contribution is 2.26. The first-order valence-electron chi connectivity index (χ1n) is 7.46. The van der Waals surface area contributed by atoms with Crippen LogP contribution in [-0.4, -0.2) is 23.3 Å². The van der Waals surface area contributed by atoms with Gasteiger partial charge in [-0.05, 0) is 31.9 Å². The average Bonchev–Trinajstić information content (AvgIpc) is 3.00. The first kappa shape index (κ1) is 15.7. The molecule has 1 heterocycles. The molecule has 2 N–H and O–H groups in total. The Morgan fingerprint density at radius 1 is 1.29 bits per heavy atom. The lowest BCUT2D eigenvalue weighted by Gasteiger charge is -2.13. The van der Waals surface area contributed by atoms with E-state index in [2.05, 4.69) is 17.1 Å². The molecule has 0 radical (unpaired) electrons. The van der Waals surface area contributed by atoms with Gasteiger partial charge >= 0.3 is 0 Å². The molecule has 0 aliphatic carbocycles. The Hall–Kier alpha value is -1.72. The maximum absolute atomic E-state index is 5.78. The Morgan fingerprint density at radius 3 is 2.71 bits per heavy atom. The van der Waals surface area contributed by atoms with Crippen LogP contribution >= 0.6 is 0 Å². The summed E-state index contributed by atoms with van der Waals surface area (Å²) in [6.45, 7) is 5.30. The fraction of sp³-hybridized carbons (Fsp3) is 0.500. The molecule has 2 rings (SSSR count). The highest BCUT2D eigenvalue weighted by molar-refractivity contribution is 5.22. The zero-order valence-corrected chi connectivity index (χ0v) is 12.7. The van der Waals surface area contributed by atoms with E-state index in [4.69, 9.17) is 15.0 Å². The molecule has 21 heavy (non-hydrogen) atoms. The minimum absolute atomic E-state index is 0.216. The van der Waals surface area contributed by atoms with Gasteiger partial charge in [0.25, 0.3) is 0 Å². The van der Waals surface area contributed by atoms with E-state index in [0.717, 1.165) is 18.4 Å². The van der Waals surface area contributed by atoms with Crippen molar-refractivity contribution in [2.45, 2.75) is 38.7 Å². The summed E-state index contributed by atoms with van der Waals surface area (Å²) >= 11 is 0. The van der Waals surface area contributed by atoms with Gasteiger partial charge in [-0.1, -0.05) is 42.4 Å². The summed E-state index contributed by atoms with van der Waals surface area (Å²) in [6, 6.07) is 9.95. The average molecular weight is 289 g/mol. The summed E-state index contributed by atoms with van der Waals surface area (Å²) < 4.78 is 11.2. The Balaban J connectivity index is 2.16. The molecular formula is C16H23N3O2. The molecule has 114 valence electrons. The second kappa shape index (κ2) is 7.90. The van der Waals surface area contributed by atoms with E-state index in [1.165, 1.54) is 0 Å². The van der Waals surface area contributed by atoms with Crippen molar-refractivity contribution in [2.75, 3.05) is 13.2 Å². The van der Waals surface area contributed by atoms with Crippen LogP contribution in [0.5, 0.6) is 0 Å². The van der Waals surface area contributed by atoms with Crippen molar-refractivity contribution in [1.29, 1.82) is 0 Å². The van der Waals surface area contributed by atoms with Crippen LogP contribution in [0.25, 0.3) is 0 Å². The van der Waals surface area contributed by atoms with Crippen molar-refractivity contribution in [1.82, 2.24) is 10.1 Å². The van der Waals surface area contributed by atoms with Crippen LogP contribution in [-0.2, 0) is 4.74 Å². The Kier molecular flexibility index (Phi) is 5.90. The number of hydrogen-bond donors (Lipinski definition) is 1. The van der Waals surface area contributed by atoms with Crippen molar-refractivity contribution < 1.29 is 9.26 Å². The summed E-state index contributed by atoms with van der Waals surface area (Å²) in [5, 5.41) is 4.10. The molecule has 0 aliphatic rings. The lowest BCUT2D eigenvalue weighted by Crippen LogP contribution is -2.08. The third kappa shape index (κ3) is 4.12. The molecule has 1 aromatic carbocycles. The van der Waals surface area contributed by atoms with E-state index < -0.39 is 0 Å². The molecule has 5 heteroatoms. The lowest BCUT2D eigenvalue weighted by atomic mass is 10.1. The largest absolute Gasteiger partial charge is 0.366 e. The van der Waals surface area contributed by atoms with Gasteiger partial charge < -0.3 is 15.0 Å². The zero-order chi connectivity index (χ0) is 15.1. The van der Waals surface area contributed by atoms with Crippen molar-refractivity contribution >= 4 is 0 Å². The molecular weight excluding hydrogens is 266 g/mol. The number of benzene rings is 1. The van der Waals surface area contributed by atoms with E-state index in [0.29, 0.717) is 24.9 Å². The zero-order valence-electron chi connectivity index (χ0n) is 12.7. The van der Waals surface area contributed by atoms with Gasteiger partial charge in [-0.25, -0.2) is 0 Å². The first-order valence-corrected chi connectivity index (χ1v) is 7.46. The minimum atomic E-state index is -0.282. The quantitative estimate of drug-likeness (QED) is 0.808. The number of rotatable bonds is 8. The van der Waals surface area contributed by atoms with Crippen LogP contribution in [0.1, 0.15) is 56.0 Å². The Bertz CT molecular complexity index is 527. The summed E-state index contributed by atoms with van der Waals surface area (Å²) in [6.07, 6.45) is 1.62. The number of aromatic nitrogens is 2. The fourth-order valence-corrected chi connectivity index (χ4v) is 2.22. The number of nitrogens with two attached hydrogens (primary N) is 1. The maximum Gasteiger partial charge on any atom is 0.229 e. The van der Waals surface area contributed by atoms with Gasteiger partial charge in [0, 0.05) is 12.5 Å². The predicted octanol–water partition coefficient (Wildman–Crippen LogP) is 3.04. The van der Waals surface area contributed by atoms with Crippen LogP contribution in [0.4, 0.5) is 0 Å². The van der Waals surface area contributed by atoms with E-state index in [1.807, 2.05) is 37.3 Å². The van der Waals surface area contributed by atoms with Gasteiger partial charge in [-0.15, -0.1) is 0 Å². The van der Waals surface area contributed by atoms with Crippen LogP contribution in [0.2, 0.25) is 0 Å².